The van der Waals surface area contributed by atoms with Gasteiger partial charge in [0.1, 0.15) is 11.6 Å². The predicted molar refractivity (Wildman–Crippen MR) is 94.0 cm³/mol. The molecule has 0 heterocycles. The fourth-order valence-electron chi connectivity index (χ4n) is 5.09. The molecule has 2 fully saturated rings. The summed E-state index contributed by atoms with van der Waals surface area (Å²) in [5.41, 5.74) is -0.748. The minimum Gasteiger partial charge on any atom is -0.393 e. The monoisotopic (exact) mass is 352 g/mol. The number of benzene rings is 1. The lowest BCUT2D eigenvalue weighted by atomic mass is 9.65. The first-order valence-corrected chi connectivity index (χ1v) is 9.78. The fraction of sp³-hybridized carbons (Fsp3) is 0.714. The topological polar surface area (TPSA) is 40.5 Å². The summed E-state index contributed by atoms with van der Waals surface area (Å²) in [5.74, 6) is 0.296. The van der Waals surface area contributed by atoms with Gasteiger partial charge in [-0.25, -0.2) is 8.78 Å². The van der Waals surface area contributed by atoms with Crippen molar-refractivity contribution in [3.63, 3.8) is 0 Å². The summed E-state index contributed by atoms with van der Waals surface area (Å²) in [6.45, 7) is 2.16. The highest BCUT2D eigenvalue weighted by molar-refractivity contribution is 5.25. The van der Waals surface area contributed by atoms with Gasteiger partial charge in [0.05, 0.1) is 11.7 Å². The maximum atomic E-state index is 13.5. The van der Waals surface area contributed by atoms with Crippen molar-refractivity contribution in [1.29, 1.82) is 0 Å². The minimum atomic E-state index is -1.11. The highest BCUT2D eigenvalue weighted by Gasteiger charge is 2.40. The lowest BCUT2D eigenvalue weighted by Crippen LogP contribution is -2.37. The lowest BCUT2D eigenvalue weighted by molar-refractivity contribution is -0.0365. The number of hydrogen-bond acceptors (Lipinski definition) is 2. The summed E-state index contributed by atoms with van der Waals surface area (Å²) in [5, 5.41) is 21.1. The van der Waals surface area contributed by atoms with E-state index in [2.05, 4.69) is 6.92 Å². The molecule has 25 heavy (non-hydrogen) atoms. The van der Waals surface area contributed by atoms with Crippen LogP contribution >= 0.6 is 0 Å². The second-order valence-corrected chi connectivity index (χ2v) is 8.22. The molecule has 2 nitrogen and oxygen atoms in total. The van der Waals surface area contributed by atoms with Gasteiger partial charge in [0.25, 0.3) is 0 Å². The van der Waals surface area contributed by atoms with Gasteiger partial charge in [-0.2, -0.15) is 0 Å². The second-order valence-electron chi connectivity index (χ2n) is 8.22. The molecule has 0 amide bonds. The zero-order valence-electron chi connectivity index (χ0n) is 15.1. The largest absolute Gasteiger partial charge is 0.393 e. The molecule has 2 saturated carbocycles. The van der Waals surface area contributed by atoms with Gasteiger partial charge < -0.3 is 10.2 Å². The molecule has 1 aromatic rings. The number of aliphatic hydroxyl groups excluding tert-OH is 1. The molecule has 3 atom stereocenters. The molecular formula is C21H30F2O2. The Kier molecular flexibility index (Phi) is 5.79. The van der Waals surface area contributed by atoms with Crippen molar-refractivity contribution in [3.8, 4) is 0 Å². The van der Waals surface area contributed by atoms with E-state index in [1.807, 2.05) is 0 Å². The minimum absolute atomic E-state index is 0.160. The van der Waals surface area contributed by atoms with E-state index < -0.39 is 17.2 Å². The normalized spacial score (nSPS) is 36.4. The molecular weight excluding hydrogens is 322 g/mol. The van der Waals surface area contributed by atoms with E-state index in [1.54, 1.807) is 0 Å². The Morgan fingerprint density at radius 3 is 2.24 bits per heavy atom. The van der Waals surface area contributed by atoms with E-state index in [9.17, 15) is 19.0 Å². The third-order valence-corrected chi connectivity index (χ3v) is 6.57. The van der Waals surface area contributed by atoms with E-state index in [0.29, 0.717) is 36.2 Å². The van der Waals surface area contributed by atoms with Crippen LogP contribution in [0.4, 0.5) is 8.78 Å². The van der Waals surface area contributed by atoms with E-state index in [-0.39, 0.29) is 6.10 Å². The van der Waals surface area contributed by atoms with E-state index >= 15 is 0 Å². The van der Waals surface area contributed by atoms with Crippen molar-refractivity contribution in [1.82, 2.24) is 0 Å². The maximum Gasteiger partial charge on any atom is 0.126 e. The fourth-order valence-corrected chi connectivity index (χ4v) is 5.09. The first-order valence-electron chi connectivity index (χ1n) is 9.78. The Hall–Kier alpha value is -1.00. The number of hydrogen-bond donors (Lipinski definition) is 2. The van der Waals surface area contributed by atoms with Crippen LogP contribution in [0.3, 0.4) is 0 Å². The summed E-state index contributed by atoms with van der Waals surface area (Å²) in [6, 6.07) is 3.37. The highest BCUT2D eigenvalue weighted by Crippen LogP contribution is 2.46. The van der Waals surface area contributed by atoms with Crippen LogP contribution in [0.25, 0.3) is 0 Å². The van der Waals surface area contributed by atoms with Crippen LogP contribution in [-0.2, 0) is 5.60 Å². The van der Waals surface area contributed by atoms with Crippen LogP contribution in [0, 0.1) is 29.4 Å². The van der Waals surface area contributed by atoms with Crippen molar-refractivity contribution < 1.29 is 19.0 Å². The van der Waals surface area contributed by atoms with Crippen LogP contribution in [0.1, 0.15) is 70.3 Å². The molecule has 0 aliphatic heterocycles. The number of aliphatic hydroxyl groups is 2. The number of rotatable bonds is 4. The van der Waals surface area contributed by atoms with Crippen LogP contribution in [0.2, 0.25) is 0 Å². The van der Waals surface area contributed by atoms with Crippen LogP contribution in [0.5, 0.6) is 0 Å². The molecule has 0 saturated heterocycles. The third kappa shape index (κ3) is 4.22. The molecule has 2 aliphatic rings. The molecule has 0 radical (unpaired) electrons. The van der Waals surface area contributed by atoms with Gasteiger partial charge >= 0.3 is 0 Å². The summed E-state index contributed by atoms with van der Waals surface area (Å²) < 4.78 is 27.0. The molecule has 0 bridgehead atoms. The molecule has 2 aliphatic carbocycles. The van der Waals surface area contributed by atoms with Gasteiger partial charge in [0.2, 0.25) is 0 Å². The smallest absolute Gasteiger partial charge is 0.126 e. The number of halogens is 2. The average molecular weight is 352 g/mol. The molecule has 4 heteroatoms. The molecule has 0 spiro atoms. The second kappa shape index (κ2) is 7.71. The molecule has 0 aromatic heterocycles. The maximum absolute atomic E-state index is 13.5. The van der Waals surface area contributed by atoms with Gasteiger partial charge in [0, 0.05) is 6.07 Å². The average Bonchev–Trinajstić information content (AvgIpc) is 2.57. The summed E-state index contributed by atoms with van der Waals surface area (Å²) in [6.07, 6.45) is 7.91. The summed E-state index contributed by atoms with van der Waals surface area (Å²) in [7, 11) is 0. The quantitative estimate of drug-likeness (QED) is 0.807. The Morgan fingerprint density at radius 1 is 1.00 bits per heavy atom. The van der Waals surface area contributed by atoms with E-state index in [0.717, 1.165) is 51.0 Å². The van der Waals surface area contributed by atoms with Gasteiger partial charge in [-0.05, 0) is 86.8 Å². The van der Waals surface area contributed by atoms with Crippen molar-refractivity contribution in [2.75, 3.05) is 0 Å². The summed E-state index contributed by atoms with van der Waals surface area (Å²) in [4.78, 5) is 0. The van der Waals surface area contributed by atoms with Gasteiger partial charge in [-0.15, -0.1) is 0 Å². The standard InChI is InChI=1S/C21H30F2O2/c1-2-3-16-10-15(4-5-20(16)24)14-6-8-21(25,9-7-14)17-11-18(22)13-19(23)12-17/h11-16,20,24-25H,2-10H2,1H3. The Balaban J connectivity index is 1.63. The van der Waals surface area contributed by atoms with E-state index in [4.69, 9.17) is 0 Å². The van der Waals surface area contributed by atoms with Crippen molar-refractivity contribution in [2.24, 2.45) is 17.8 Å². The molecule has 140 valence electrons. The zero-order valence-corrected chi connectivity index (χ0v) is 15.1. The lowest BCUT2D eigenvalue weighted by Gasteiger charge is -2.43. The molecule has 3 unspecified atom stereocenters. The van der Waals surface area contributed by atoms with Gasteiger partial charge in [-0.3, -0.25) is 0 Å². The Bertz CT molecular complexity index is 561. The highest BCUT2D eigenvalue weighted by atomic mass is 19.1. The Labute approximate surface area is 149 Å². The molecule has 1 aromatic carbocycles. The Morgan fingerprint density at radius 2 is 1.64 bits per heavy atom. The van der Waals surface area contributed by atoms with Crippen molar-refractivity contribution >= 4 is 0 Å². The first-order chi connectivity index (χ1) is 11.9. The van der Waals surface area contributed by atoms with Crippen LogP contribution in [0.15, 0.2) is 18.2 Å². The third-order valence-electron chi connectivity index (χ3n) is 6.57. The van der Waals surface area contributed by atoms with Gasteiger partial charge in [-0.1, -0.05) is 13.3 Å². The SMILES string of the molecule is CCCC1CC(C2CCC(O)(c3cc(F)cc(F)c3)CC2)CCC1O. The van der Waals surface area contributed by atoms with E-state index in [1.165, 1.54) is 12.1 Å². The van der Waals surface area contributed by atoms with Crippen molar-refractivity contribution in [3.05, 3.63) is 35.4 Å². The first kappa shape index (κ1) is 18.8. The molecule has 3 rings (SSSR count). The predicted octanol–water partition coefficient (Wildman–Crippen LogP) is 4.92. The van der Waals surface area contributed by atoms with Gasteiger partial charge in [0.15, 0.2) is 0 Å². The van der Waals surface area contributed by atoms with Crippen LogP contribution < -0.4 is 0 Å². The molecule has 2 N–H and O–H groups in total. The summed E-state index contributed by atoms with van der Waals surface area (Å²) >= 11 is 0. The van der Waals surface area contributed by atoms with Crippen molar-refractivity contribution in [2.45, 2.75) is 76.4 Å². The van der Waals surface area contributed by atoms with Crippen LogP contribution in [-0.4, -0.2) is 16.3 Å². The zero-order chi connectivity index (χ0) is 18.0.